The van der Waals surface area contributed by atoms with E-state index in [2.05, 4.69) is 22.5 Å². The van der Waals surface area contributed by atoms with Gasteiger partial charge in [-0.3, -0.25) is 9.59 Å². The van der Waals surface area contributed by atoms with Crippen LogP contribution in [0.5, 0.6) is 11.5 Å². The summed E-state index contributed by atoms with van der Waals surface area (Å²) in [6, 6.07) is 10.6. The number of piperidine rings is 1. The summed E-state index contributed by atoms with van der Waals surface area (Å²) in [5, 5.41) is 5.88. The molecule has 2 aliphatic rings. The number of hydrogen-bond acceptors (Lipinski definition) is 6. The minimum atomic E-state index is -0.278. The maximum atomic E-state index is 13.0. The van der Waals surface area contributed by atoms with Crippen LogP contribution in [-0.2, 0) is 4.74 Å². The third-order valence-corrected chi connectivity index (χ3v) is 6.07. The smallest absolute Gasteiger partial charge is 0.255 e. The molecule has 2 aromatic carbocycles. The Morgan fingerprint density at radius 2 is 1.85 bits per heavy atom. The molecule has 0 unspecified atom stereocenters. The molecule has 33 heavy (non-hydrogen) atoms. The van der Waals surface area contributed by atoms with Crippen molar-refractivity contribution >= 4 is 23.2 Å². The lowest BCUT2D eigenvalue weighted by Crippen LogP contribution is -2.35. The minimum Gasteiger partial charge on any atom is -0.454 e. The summed E-state index contributed by atoms with van der Waals surface area (Å²) in [4.78, 5) is 28.1. The second-order valence-corrected chi connectivity index (χ2v) is 8.53. The van der Waals surface area contributed by atoms with Crippen LogP contribution in [0.3, 0.4) is 0 Å². The third kappa shape index (κ3) is 5.57. The highest BCUT2D eigenvalue weighted by Gasteiger charge is 2.22. The van der Waals surface area contributed by atoms with Gasteiger partial charge >= 0.3 is 0 Å². The fraction of sp³-hybridized carbons (Fsp3) is 0.440. The van der Waals surface area contributed by atoms with Gasteiger partial charge in [0.2, 0.25) is 6.79 Å². The van der Waals surface area contributed by atoms with Gasteiger partial charge in [0.05, 0.1) is 5.56 Å². The van der Waals surface area contributed by atoms with Gasteiger partial charge in [0.1, 0.15) is 0 Å². The first-order valence-electron chi connectivity index (χ1n) is 11.4. The van der Waals surface area contributed by atoms with E-state index in [0.717, 1.165) is 38.0 Å². The maximum absolute atomic E-state index is 13.0. The van der Waals surface area contributed by atoms with E-state index < -0.39 is 0 Å². The Morgan fingerprint density at radius 1 is 1.06 bits per heavy atom. The second kappa shape index (κ2) is 10.6. The molecule has 8 heteroatoms. The number of anilines is 2. The lowest BCUT2D eigenvalue weighted by molar-refractivity contribution is 0.0947. The quantitative estimate of drug-likeness (QED) is 0.593. The van der Waals surface area contributed by atoms with Crippen LogP contribution < -0.4 is 25.0 Å². The SMILES string of the molecule is COCCCNC(=O)c1cc(NC(=O)c2ccc3c(c2)OCO3)ccc1N1CCC(C)CC1. The van der Waals surface area contributed by atoms with E-state index in [1.54, 1.807) is 31.4 Å². The molecule has 2 N–H and O–H groups in total. The van der Waals surface area contributed by atoms with Crippen LogP contribution in [0, 0.1) is 5.92 Å². The van der Waals surface area contributed by atoms with Crippen molar-refractivity contribution in [1.29, 1.82) is 0 Å². The Kier molecular flexibility index (Phi) is 7.34. The highest BCUT2D eigenvalue weighted by atomic mass is 16.7. The molecule has 0 saturated carbocycles. The zero-order valence-corrected chi connectivity index (χ0v) is 19.2. The number of nitrogens with one attached hydrogen (secondary N) is 2. The first kappa shape index (κ1) is 22.9. The fourth-order valence-corrected chi connectivity index (χ4v) is 4.08. The van der Waals surface area contributed by atoms with Crippen LogP contribution in [0.4, 0.5) is 11.4 Å². The van der Waals surface area contributed by atoms with E-state index in [9.17, 15) is 9.59 Å². The van der Waals surface area contributed by atoms with E-state index >= 15 is 0 Å². The van der Waals surface area contributed by atoms with Crippen molar-refractivity contribution in [2.24, 2.45) is 5.92 Å². The molecule has 176 valence electrons. The molecule has 1 saturated heterocycles. The average Bonchev–Trinajstić information content (AvgIpc) is 3.30. The lowest BCUT2D eigenvalue weighted by Gasteiger charge is -2.33. The van der Waals surface area contributed by atoms with Gasteiger partial charge in [-0.1, -0.05) is 6.92 Å². The van der Waals surface area contributed by atoms with Gasteiger partial charge in [0, 0.05) is 50.3 Å². The Bertz CT molecular complexity index is 1000. The maximum Gasteiger partial charge on any atom is 0.255 e. The zero-order valence-electron chi connectivity index (χ0n) is 19.2. The Labute approximate surface area is 194 Å². The zero-order chi connectivity index (χ0) is 23.2. The number of ether oxygens (including phenoxy) is 3. The molecule has 0 spiro atoms. The summed E-state index contributed by atoms with van der Waals surface area (Å²) < 4.78 is 15.7. The highest BCUT2D eigenvalue weighted by Crippen LogP contribution is 2.33. The Hall–Kier alpha value is -3.26. The summed E-state index contributed by atoms with van der Waals surface area (Å²) in [5.41, 5.74) is 2.48. The van der Waals surface area contributed by atoms with Crippen LogP contribution in [0.15, 0.2) is 36.4 Å². The normalized spacial score (nSPS) is 15.4. The van der Waals surface area contributed by atoms with Gasteiger partial charge in [-0.25, -0.2) is 0 Å². The Morgan fingerprint density at radius 3 is 2.64 bits per heavy atom. The molecule has 1 fully saturated rings. The molecule has 2 amide bonds. The summed E-state index contributed by atoms with van der Waals surface area (Å²) in [6.45, 7) is 5.34. The standard InChI is InChI=1S/C25H31N3O5/c1-17-8-11-28(12-9-17)21-6-5-19(15-20(21)25(30)26-10-3-13-31-2)27-24(29)18-4-7-22-23(14-18)33-16-32-22/h4-7,14-15,17H,3,8-13,16H2,1-2H3,(H,26,30)(H,27,29). The first-order chi connectivity index (χ1) is 16.0. The van der Waals surface area contributed by atoms with Gasteiger partial charge in [-0.15, -0.1) is 0 Å². The van der Waals surface area contributed by atoms with Crippen molar-refractivity contribution in [2.45, 2.75) is 26.2 Å². The van der Waals surface area contributed by atoms with Crippen molar-refractivity contribution in [3.63, 3.8) is 0 Å². The third-order valence-electron chi connectivity index (χ3n) is 6.07. The molecule has 0 atom stereocenters. The first-order valence-corrected chi connectivity index (χ1v) is 11.4. The van der Waals surface area contributed by atoms with E-state index in [-0.39, 0.29) is 18.6 Å². The number of nitrogens with zero attached hydrogens (tertiary/aromatic N) is 1. The van der Waals surface area contributed by atoms with Crippen LogP contribution >= 0.6 is 0 Å². The van der Waals surface area contributed by atoms with Gasteiger partial charge in [0.15, 0.2) is 11.5 Å². The topological polar surface area (TPSA) is 89.1 Å². The molecule has 2 heterocycles. The number of carbonyl (C=O) groups is 2. The van der Waals surface area contributed by atoms with Crippen LogP contribution in [0.1, 0.15) is 46.9 Å². The number of benzene rings is 2. The molecule has 4 rings (SSSR count). The second-order valence-electron chi connectivity index (χ2n) is 8.53. The highest BCUT2D eigenvalue weighted by molar-refractivity contribution is 6.06. The van der Waals surface area contributed by atoms with Crippen LogP contribution in [0.2, 0.25) is 0 Å². The molecular weight excluding hydrogens is 422 g/mol. The van der Waals surface area contributed by atoms with Gasteiger partial charge in [0.25, 0.3) is 11.8 Å². The van der Waals surface area contributed by atoms with Gasteiger partial charge < -0.3 is 29.7 Å². The monoisotopic (exact) mass is 453 g/mol. The summed E-state index contributed by atoms with van der Waals surface area (Å²) in [5.74, 6) is 1.43. The minimum absolute atomic E-state index is 0.153. The van der Waals surface area contributed by atoms with Crippen molar-refractivity contribution in [3.8, 4) is 11.5 Å². The van der Waals surface area contributed by atoms with Crippen molar-refractivity contribution in [2.75, 3.05) is 50.4 Å². The van der Waals surface area contributed by atoms with E-state index in [1.165, 1.54) is 0 Å². The van der Waals surface area contributed by atoms with E-state index in [0.29, 0.717) is 47.4 Å². The summed E-state index contributed by atoms with van der Waals surface area (Å²) in [7, 11) is 1.64. The van der Waals surface area contributed by atoms with Crippen LogP contribution in [-0.4, -0.2) is 52.0 Å². The number of amides is 2. The number of rotatable bonds is 8. The Balaban J connectivity index is 1.53. The molecule has 2 aliphatic heterocycles. The molecule has 0 aromatic heterocycles. The summed E-state index contributed by atoms with van der Waals surface area (Å²) >= 11 is 0. The van der Waals surface area contributed by atoms with Crippen molar-refractivity contribution < 1.29 is 23.8 Å². The molecule has 0 bridgehead atoms. The average molecular weight is 454 g/mol. The molecule has 0 radical (unpaired) electrons. The molecule has 0 aliphatic carbocycles. The number of fused-ring (bicyclic) bond motifs is 1. The molecule has 2 aromatic rings. The number of methoxy groups -OCH3 is 1. The molecule has 8 nitrogen and oxygen atoms in total. The molecular formula is C25H31N3O5. The summed E-state index contributed by atoms with van der Waals surface area (Å²) in [6.07, 6.45) is 2.92. The van der Waals surface area contributed by atoms with E-state index in [4.69, 9.17) is 14.2 Å². The number of hydrogen-bond donors (Lipinski definition) is 2. The lowest BCUT2D eigenvalue weighted by atomic mass is 9.97. The van der Waals surface area contributed by atoms with Gasteiger partial charge in [-0.2, -0.15) is 0 Å². The van der Waals surface area contributed by atoms with Crippen molar-refractivity contribution in [1.82, 2.24) is 5.32 Å². The number of carbonyl (C=O) groups excluding carboxylic acids is 2. The van der Waals surface area contributed by atoms with Crippen LogP contribution in [0.25, 0.3) is 0 Å². The van der Waals surface area contributed by atoms with Gasteiger partial charge in [-0.05, 0) is 61.6 Å². The van der Waals surface area contributed by atoms with E-state index in [1.807, 2.05) is 12.1 Å². The van der Waals surface area contributed by atoms with Crippen molar-refractivity contribution in [3.05, 3.63) is 47.5 Å². The predicted molar refractivity (Wildman–Crippen MR) is 126 cm³/mol. The fourth-order valence-electron chi connectivity index (χ4n) is 4.08. The predicted octanol–water partition coefficient (Wildman–Crippen LogP) is 3.67. The largest absolute Gasteiger partial charge is 0.454 e.